The predicted octanol–water partition coefficient (Wildman–Crippen LogP) is 0.00870. The fourth-order valence-electron chi connectivity index (χ4n) is 0.347. The molecule has 0 saturated heterocycles. The lowest BCUT2D eigenvalue weighted by Crippen LogP contribution is -2.13. The number of rotatable bonds is 5. The van der Waals surface area contributed by atoms with Crippen LogP contribution in [0.2, 0.25) is 0 Å². The summed E-state index contributed by atoms with van der Waals surface area (Å²) in [4.78, 5) is 0. The van der Waals surface area contributed by atoms with Gasteiger partial charge in [-0.1, -0.05) is 0 Å². The zero-order valence-electron chi connectivity index (χ0n) is 5.22. The normalized spacial score (nSPS) is 13.7. The van der Waals surface area contributed by atoms with Gasteiger partial charge in [0.25, 0.3) is 0 Å². The van der Waals surface area contributed by atoms with E-state index in [1.807, 2.05) is 0 Å². The third-order valence-electron chi connectivity index (χ3n) is 0.751. The van der Waals surface area contributed by atoms with Gasteiger partial charge in [0.2, 0.25) is 0 Å². The van der Waals surface area contributed by atoms with Crippen LogP contribution in [0.3, 0.4) is 0 Å². The highest BCUT2D eigenvalue weighted by atomic mass is 32.2. The summed E-state index contributed by atoms with van der Waals surface area (Å²) in [6.45, 7) is -0.0682. The molecule has 0 heterocycles. The Hall–Kier alpha value is 0.200. The van der Waals surface area contributed by atoms with E-state index >= 15 is 0 Å². The van der Waals surface area contributed by atoms with Gasteiger partial charge in [-0.25, -0.2) is 4.39 Å². The van der Waals surface area contributed by atoms with Gasteiger partial charge >= 0.3 is 0 Å². The molecule has 9 heavy (non-hydrogen) atoms. The van der Waals surface area contributed by atoms with Crippen molar-refractivity contribution in [2.75, 3.05) is 24.7 Å². The zero-order valence-corrected chi connectivity index (χ0v) is 6.03. The van der Waals surface area contributed by atoms with E-state index in [4.69, 9.17) is 10.8 Å². The molecule has 3 N–H and O–H groups in total. The molecular weight excluding hydrogens is 141 g/mol. The Kier molecular flexibility index (Phi) is 6.46. The number of hydrogen-bond acceptors (Lipinski definition) is 3. The van der Waals surface area contributed by atoms with Crippen molar-refractivity contribution in [2.24, 2.45) is 5.73 Å². The van der Waals surface area contributed by atoms with E-state index in [0.717, 1.165) is 5.75 Å². The highest BCUT2D eigenvalue weighted by Gasteiger charge is 2.00. The SMILES string of the molecule is NCCSCC(O)CF. The molecule has 0 aromatic rings. The molecule has 0 spiro atoms. The highest BCUT2D eigenvalue weighted by Crippen LogP contribution is 2.01. The predicted molar refractivity (Wildman–Crippen MR) is 38.4 cm³/mol. The fraction of sp³-hybridized carbons (Fsp3) is 1.00. The monoisotopic (exact) mass is 153 g/mol. The molecule has 0 aliphatic rings. The van der Waals surface area contributed by atoms with Crippen LogP contribution >= 0.6 is 11.8 Å². The van der Waals surface area contributed by atoms with Crippen LogP contribution in [0, 0.1) is 0 Å². The molecular formula is C5H12FNOS. The van der Waals surface area contributed by atoms with Crippen molar-refractivity contribution in [1.82, 2.24) is 0 Å². The third kappa shape index (κ3) is 6.08. The van der Waals surface area contributed by atoms with E-state index < -0.39 is 12.8 Å². The summed E-state index contributed by atoms with van der Waals surface area (Å²) in [7, 11) is 0. The standard InChI is InChI=1S/C5H12FNOS/c6-3-5(8)4-9-2-1-7/h5,8H,1-4,7H2. The van der Waals surface area contributed by atoms with Gasteiger partial charge in [-0.15, -0.1) is 0 Å². The molecule has 0 fully saturated rings. The van der Waals surface area contributed by atoms with Crippen LogP contribution in [0.5, 0.6) is 0 Å². The van der Waals surface area contributed by atoms with E-state index in [9.17, 15) is 4.39 Å². The molecule has 1 atom stereocenters. The van der Waals surface area contributed by atoms with Gasteiger partial charge < -0.3 is 10.8 Å². The van der Waals surface area contributed by atoms with Crippen LogP contribution in [-0.2, 0) is 0 Å². The minimum absolute atomic E-state index is 0.452. The molecule has 0 aliphatic carbocycles. The molecule has 1 unspecified atom stereocenters. The molecule has 2 nitrogen and oxygen atoms in total. The Morgan fingerprint density at radius 2 is 2.33 bits per heavy atom. The van der Waals surface area contributed by atoms with Crippen LogP contribution in [0.15, 0.2) is 0 Å². The molecule has 0 rings (SSSR count). The van der Waals surface area contributed by atoms with Gasteiger partial charge in [0.15, 0.2) is 0 Å². The van der Waals surface area contributed by atoms with Crippen molar-refractivity contribution in [1.29, 1.82) is 0 Å². The molecule has 0 bridgehead atoms. The van der Waals surface area contributed by atoms with Crippen molar-refractivity contribution >= 4 is 11.8 Å². The van der Waals surface area contributed by atoms with Crippen LogP contribution in [0.4, 0.5) is 4.39 Å². The minimum Gasteiger partial charge on any atom is -0.390 e. The molecule has 0 aliphatic heterocycles. The van der Waals surface area contributed by atoms with E-state index in [1.165, 1.54) is 11.8 Å². The van der Waals surface area contributed by atoms with Crippen molar-refractivity contribution < 1.29 is 9.50 Å². The lowest BCUT2D eigenvalue weighted by molar-refractivity contribution is 0.162. The fourth-order valence-corrected chi connectivity index (χ4v) is 1.04. The van der Waals surface area contributed by atoms with Gasteiger partial charge in [-0.3, -0.25) is 0 Å². The Morgan fingerprint density at radius 1 is 1.67 bits per heavy atom. The Balaban J connectivity index is 2.88. The average Bonchev–Trinajstić information content (AvgIpc) is 1.89. The maximum absolute atomic E-state index is 11.5. The Morgan fingerprint density at radius 3 is 2.78 bits per heavy atom. The summed E-state index contributed by atoms with van der Waals surface area (Å²) in [6, 6.07) is 0. The Labute approximate surface area is 58.6 Å². The summed E-state index contributed by atoms with van der Waals surface area (Å²) in [5.41, 5.74) is 5.16. The second-order valence-corrected chi connectivity index (χ2v) is 2.82. The average molecular weight is 153 g/mol. The zero-order chi connectivity index (χ0) is 7.11. The Bertz CT molecular complexity index is 64.9. The lowest BCUT2D eigenvalue weighted by Gasteiger charge is -2.02. The first-order valence-corrected chi connectivity index (χ1v) is 3.98. The molecule has 0 aromatic heterocycles. The number of alkyl halides is 1. The third-order valence-corrected chi connectivity index (χ3v) is 1.90. The largest absolute Gasteiger partial charge is 0.390 e. The molecule has 0 saturated carbocycles. The molecule has 0 radical (unpaired) electrons. The van der Waals surface area contributed by atoms with Crippen LogP contribution < -0.4 is 5.73 Å². The number of hydrogen-bond donors (Lipinski definition) is 2. The maximum Gasteiger partial charge on any atom is 0.116 e. The topological polar surface area (TPSA) is 46.2 Å². The van der Waals surface area contributed by atoms with E-state index in [1.54, 1.807) is 0 Å². The van der Waals surface area contributed by atoms with Crippen LogP contribution in [0.1, 0.15) is 0 Å². The molecule has 56 valence electrons. The van der Waals surface area contributed by atoms with Crippen LogP contribution in [0.25, 0.3) is 0 Å². The number of thioether (sulfide) groups is 1. The lowest BCUT2D eigenvalue weighted by atomic mass is 10.5. The van der Waals surface area contributed by atoms with Gasteiger partial charge in [0, 0.05) is 18.1 Å². The summed E-state index contributed by atoms with van der Waals surface area (Å²) < 4.78 is 11.5. The molecule has 0 amide bonds. The first-order chi connectivity index (χ1) is 4.31. The summed E-state index contributed by atoms with van der Waals surface area (Å²) in [5, 5.41) is 8.65. The number of aliphatic hydroxyl groups is 1. The molecule has 4 heteroatoms. The van der Waals surface area contributed by atoms with E-state index in [0.29, 0.717) is 12.3 Å². The van der Waals surface area contributed by atoms with Crippen LogP contribution in [-0.4, -0.2) is 35.9 Å². The number of halogens is 1. The van der Waals surface area contributed by atoms with Crippen molar-refractivity contribution in [3.05, 3.63) is 0 Å². The van der Waals surface area contributed by atoms with Gasteiger partial charge in [-0.2, -0.15) is 11.8 Å². The summed E-state index contributed by atoms with van der Waals surface area (Å²) >= 11 is 1.47. The molecule has 0 aromatic carbocycles. The smallest absolute Gasteiger partial charge is 0.116 e. The van der Waals surface area contributed by atoms with E-state index in [-0.39, 0.29) is 0 Å². The van der Waals surface area contributed by atoms with Crippen molar-refractivity contribution in [3.8, 4) is 0 Å². The summed E-state index contributed by atoms with van der Waals surface area (Å²) in [5.74, 6) is 1.24. The van der Waals surface area contributed by atoms with Gasteiger partial charge in [0.1, 0.15) is 6.67 Å². The van der Waals surface area contributed by atoms with Crippen molar-refractivity contribution in [3.63, 3.8) is 0 Å². The van der Waals surface area contributed by atoms with E-state index in [2.05, 4.69) is 0 Å². The quantitative estimate of drug-likeness (QED) is 0.547. The van der Waals surface area contributed by atoms with Gasteiger partial charge in [0.05, 0.1) is 6.10 Å². The number of nitrogens with two attached hydrogens (primary N) is 1. The second kappa shape index (κ2) is 6.32. The summed E-state index contributed by atoms with van der Waals surface area (Å²) in [6.07, 6.45) is -0.804. The maximum atomic E-state index is 11.5. The van der Waals surface area contributed by atoms with Gasteiger partial charge in [-0.05, 0) is 0 Å². The highest BCUT2D eigenvalue weighted by molar-refractivity contribution is 7.99. The van der Waals surface area contributed by atoms with Crippen molar-refractivity contribution in [2.45, 2.75) is 6.10 Å². The number of aliphatic hydroxyl groups excluding tert-OH is 1. The minimum atomic E-state index is -0.804. The first-order valence-electron chi connectivity index (χ1n) is 2.83. The first kappa shape index (κ1) is 9.20. The second-order valence-electron chi connectivity index (χ2n) is 1.67.